The van der Waals surface area contributed by atoms with Gasteiger partial charge in [0.2, 0.25) is 0 Å². The van der Waals surface area contributed by atoms with E-state index in [4.69, 9.17) is 4.74 Å². The molecule has 0 atom stereocenters. The molecule has 1 aliphatic carbocycles. The molecule has 0 unspecified atom stereocenters. The van der Waals surface area contributed by atoms with Gasteiger partial charge in [0, 0.05) is 6.42 Å². The van der Waals surface area contributed by atoms with Crippen molar-refractivity contribution in [1.82, 2.24) is 0 Å². The zero-order valence-corrected chi connectivity index (χ0v) is 8.06. The van der Waals surface area contributed by atoms with Crippen molar-refractivity contribution in [2.45, 2.75) is 58.0 Å². The molecule has 1 saturated carbocycles. The summed E-state index contributed by atoms with van der Waals surface area (Å²) < 4.78 is 5.46. The zero-order chi connectivity index (χ0) is 9.03. The van der Waals surface area contributed by atoms with E-state index in [0.29, 0.717) is 6.42 Å². The van der Waals surface area contributed by atoms with Gasteiger partial charge in [-0.15, -0.1) is 0 Å². The molecule has 70 valence electrons. The van der Waals surface area contributed by atoms with Gasteiger partial charge in [0.05, 0.1) is 0 Å². The third kappa shape index (κ3) is 1.99. The molecule has 0 spiro atoms. The van der Waals surface area contributed by atoms with Crippen LogP contribution in [-0.4, -0.2) is 11.6 Å². The summed E-state index contributed by atoms with van der Waals surface area (Å²) >= 11 is 0. The number of esters is 1. The van der Waals surface area contributed by atoms with Crippen LogP contribution >= 0.6 is 0 Å². The van der Waals surface area contributed by atoms with Crippen LogP contribution in [-0.2, 0) is 9.53 Å². The van der Waals surface area contributed by atoms with Crippen molar-refractivity contribution in [3.05, 3.63) is 0 Å². The Balaban J connectivity index is 2.49. The highest BCUT2D eigenvalue weighted by Gasteiger charge is 2.35. The average Bonchev–Trinajstić information content (AvgIpc) is 2.54. The quantitative estimate of drug-likeness (QED) is 0.609. The molecule has 0 bridgehead atoms. The van der Waals surface area contributed by atoms with Crippen molar-refractivity contribution < 1.29 is 9.53 Å². The molecule has 0 amide bonds. The number of ether oxygens (including phenoxy) is 1. The molecule has 0 saturated heterocycles. The molecule has 1 fully saturated rings. The van der Waals surface area contributed by atoms with Gasteiger partial charge in [0.1, 0.15) is 5.60 Å². The van der Waals surface area contributed by atoms with E-state index in [9.17, 15) is 4.79 Å². The van der Waals surface area contributed by atoms with Crippen molar-refractivity contribution in [3.63, 3.8) is 0 Å². The summed E-state index contributed by atoms with van der Waals surface area (Å²) in [4.78, 5) is 11.1. The van der Waals surface area contributed by atoms with Gasteiger partial charge < -0.3 is 4.74 Å². The number of rotatable bonds is 3. The lowest BCUT2D eigenvalue weighted by molar-refractivity contribution is -0.159. The molecule has 0 aliphatic heterocycles. The number of carbonyl (C=O) groups excluding carboxylic acids is 1. The molecule has 0 aromatic rings. The van der Waals surface area contributed by atoms with E-state index in [1.165, 1.54) is 12.8 Å². The van der Waals surface area contributed by atoms with Gasteiger partial charge in [-0.25, -0.2) is 0 Å². The van der Waals surface area contributed by atoms with Gasteiger partial charge in [0.25, 0.3) is 0 Å². The highest BCUT2D eigenvalue weighted by atomic mass is 16.6. The second-order valence-electron chi connectivity index (χ2n) is 3.57. The van der Waals surface area contributed by atoms with Crippen LogP contribution in [0.2, 0.25) is 0 Å². The molecule has 2 nitrogen and oxygen atoms in total. The second kappa shape index (κ2) is 3.92. The van der Waals surface area contributed by atoms with Crippen LogP contribution in [0.15, 0.2) is 0 Å². The van der Waals surface area contributed by atoms with Crippen molar-refractivity contribution in [1.29, 1.82) is 0 Å². The van der Waals surface area contributed by atoms with Crippen LogP contribution < -0.4 is 0 Å². The Bertz CT molecular complexity index is 157. The van der Waals surface area contributed by atoms with E-state index in [2.05, 4.69) is 6.92 Å². The Hall–Kier alpha value is -0.530. The first-order valence-corrected chi connectivity index (χ1v) is 4.94. The highest BCUT2D eigenvalue weighted by molar-refractivity contribution is 5.69. The summed E-state index contributed by atoms with van der Waals surface area (Å²) in [6.07, 6.45) is 6.03. The minimum Gasteiger partial charge on any atom is -0.459 e. The first-order chi connectivity index (χ1) is 5.72. The van der Waals surface area contributed by atoms with Crippen LogP contribution in [0.25, 0.3) is 0 Å². The predicted octanol–water partition coefficient (Wildman–Crippen LogP) is 2.66. The first-order valence-electron chi connectivity index (χ1n) is 4.94. The Morgan fingerprint density at radius 2 is 1.92 bits per heavy atom. The number of carbonyl (C=O) groups is 1. The Morgan fingerprint density at radius 3 is 2.33 bits per heavy atom. The van der Waals surface area contributed by atoms with E-state index < -0.39 is 0 Å². The van der Waals surface area contributed by atoms with E-state index in [-0.39, 0.29) is 11.6 Å². The fraction of sp³-hybridized carbons (Fsp3) is 0.900. The largest absolute Gasteiger partial charge is 0.459 e. The molecule has 0 radical (unpaired) electrons. The summed E-state index contributed by atoms with van der Waals surface area (Å²) in [5.74, 6) is -0.0428. The molecule has 0 heterocycles. The van der Waals surface area contributed by atoms with E-state index in [1.807, 2.05) is 6.92 Å². The van der Waals surface area contributed by atoms with Crippen molar-refractivity contribution in [2.75, 3.05) is 0 Å². The number of hydrogen-bond donors (Lipinski definition) is 0. The third-order valence-corrected chi connectivity index (χ3v) is 2.78. The fourth-order valence-corrected chi connectivity index (χ4v) is 1.86. The van der Waals surface area contributed by atoms with Crippen LogP contribution in [0.1, 0.15) is 52.4 Å². The summed E-state index contributed by atoms with van der Waals surface area (Å²) in [6, 6.07) is 0. The average molecular weight is 170 g/mol. The van der Waals surface area contributed by atoms with Crippen molar-refractivity contribution in [3.8, 4) is 0 Å². The van der Waals surface area contributed by atoms with Gasteiger partial charge in [-0.3, -0.25) is 4.79 Å². The van der Waals surface area contributed by atoms with Gasteiger partial charge in [-0.2, -0.15) is 0 Å². The fourth-order valence-electron chi connectivity index (χ4n) is 1.86. The van der Waals surface area contributed by atoms with Crippen LogP contribution in [0.3, 0.4) is 0 Å². The Kier molecular flexibility index (Phi) is 3.12. The molecule has 0 aromatic carbocycles. The molecule has 0 N–H and O–H groups in total. The normalized spacial score (nSPS) is 20.8. The van der Waals surface area contributed by atoms with Gasteiger partial charge in [-0.1, -0.05) is 13.8 Å². The van der Waals surface area contributed by atoms with Gasteiger partial charge >= 0.3 is 5.97 Å². The minimum atomic E-state index is -0.0902. The topological polar surface area (TPSA) is 26.3 Å². The van der Waals surface area contributed by atoms with E-state index >= 15 is 0 Å². The maximum Gasteiger partial charge on any atom is 0.306 e. The molecule has 0 aromatic heterocycles. The molecule has 12 heavy (non-hydrogen) atoms. The van der Waals surface area contributed by atoms with Crippen LogP contribution in [0.5, 0.6) is 0 Å². The summed E-state index contributed by atoms with van der Waals surface area (Å²) in [5.41, 5.74) is -0.0902. The second-order valence-corrected chi connectivity index (χ2v) is 3.57. The summed E-state index contributed by atoms with van der Waals surface area (Å²) in [6.45, 7) is 3.95. The molecular weight excluding hydrogens is 152 g/mol. The Labute approximate surface area is 74.3 Å². The lowest BCUT2D eigenvalue weighted by atomic mass is 9.99. The molecule has 1 aliphatic rings. The highest BCUT2D eigenvalue weighted by Crippen LogP contribution is 2.36. The first kappa shape index (κ1) is 9.56. The number of hydrogen-bond acceptors (Lipinski definition) is 2. The third-order valence-electron chi connectivity index (χ3n) is 2.78. The van der Waals surface area contributed by atoms with Crippen LogP contribution in [0, 0.1) is 0 Å². The lowest BCUT2D eigenvalue weighted by Gasteiger charge is -2.27. The molecular formula is C10H18O2. The van der Waals surface area contributed by atoms with Gasteiger partial charge in [-0.05, 0) is 32.1 Å². The lowest BCUT2D eigenvalue weighted by Crippen LogP contribution is -2.30. The maximum atomic E-state index is 11.1. The predicted molar refractivity (Wildman–Crippen MR) is 47.9 cm³/mol. The van der Waals surface area contributed by atoms with Crippen molar-refractivity contribution >= 4 is 5.97 Å². The monoisotopic (exact) mass is 170 g/mol. The SMILES string of the molecule is CCC(=O)OC1(CC)CCCC1. The van der Waals surface area contributed by atoms with Crippen LogP contribution in [0.4, 0.5) is 0 Å². The summed E-state index contributed by atoms with van der Waals surface area (Å²) in [5, 5.41) is 0. The summed E-state index contributed by atoms with van der Waals surface area (Å²) in [7, 11) is 0. The Morgan fingerprint density at radius 1 is 1.33 bits per heavy atom. The minimum absolute atomic E-state index is 0.0428. The van der Waals surface area contributed by atoms with Crippen molar-refractivity contribution in [2.24, 2.45) is 0 Å². The van der Waals surface area contributed by atoms with E-state index in [1.54, 1.807) is 0 Å². The standard InChI is InChI=1S/C10H18O2/c1-3-9(11)12-10(4-2)7-5-6-8-10/h3-8H2,1-2H3. The maximum absolute atomic E-state index is 11.1. The zero-order valence-electron chi connectivity index (χ0n) is 8.06. The van der Waals surface area contributed by atoms with Gasteiger partial charge in [0.15, 0.2) is 0 Å². The molecule has 2 heteroatoms. The smallest absolute Gasteiger partial charge is 0.306 e. The molecule has 1 rings (SSSR count). The van der Waals surface area contributed by atoms with E-state index in [0.717, 1.165) is 19.3 Å².